The highest BCUT2D eigenvalue weighted by molar-refractivity contribution is 5.77. The topological polar surface area (TPSA) is 69.8 Å². The van der Waals surface area contributed by atoms with Gasteiger partial charge in [0.2, 0.25) is 0 Å². The second-order valence-corrected chi connectivity index (χ2v) is 7.50. The number of benzene rings is 3. The van der Waals surface area contributed by atoms with E-state index in [0.29, 0.717) is 21.8 Å². The molecule has 0 bridgehead atoms. The minimum atomic E-state index is -0.446. The molecule has 0 aliphatic carbocycles. The third kappa shape index (κ3) is 3.66. The first kappa shape index (κ1) is 19.7. The average molecular weight is 430 g/mol. The average Bonchev–Trinajstić information content (AvgIpc) is 2.78. The van der Waals surface area contributed by atoms with E-state index in [1.807, 2.05) is 24.3 Å². The molecular formula is C24H16F2N4O2. The maximum Gasteiger partial charge on any atom is 0.261 e. The lowest BCUT2D eigenvalue weighted by molar-refractivity contribution is 0.628. The summed E-state index contributed by atoms with van der Waals surface area (Å²) < 4.78 is 29.7. The molecule has 5 rings (SSSR count). The largest absolute Gasteiger partial charge is 0.294 e. The molecule has 6 nitrogen and oxygen atoms in total. The van der Waals surface area contributed by atoms with Crippen molar-refractivity contribution in [1.82, 2.24) is 19.1 Å². The maximum atomic E-state index is 13.4. The molecule has 0 N–H and O–H groups in total. The van der Waals surface area contributed by atoms with E-state index < -0.39 is 11.6 Å². The lowest BCUT2D eigenvalue weighted by Gasteiger charge is -2.10. The highest BCUT2D eigenvalue weighted by Crippen LogP contribution is 2.12. The number of hydrogen-bond acceptors (Lipinski definition) is 4. The van der Waals surface area contributed by atoms with Crippen LogP contribution in [0.4, 0.5) is 8.78 Å². The van der Waals surface area contributed by atoms with E-state index in [9.17, 15) is 18.4 Å². The molecule has 0 aliphatic rings. The van der Waals surface area contributed by atoms with Gasteiger partial charge in [0.25, 0.3) is 11.1 Å². The standard InChI is InChI=1S/C24H16F2N4O2/c25-17-4-6-19-21(9-17)27-13-29(23(19)31)11-15-2-1-3-16(8-15)12-30-14-28-22-10-18(26)5-7-20(22)24(30)32/h1-10,13-14H,11-12H2. The Balaban J connectivity index is 1.44. The minimum absolute atomic E-state index is 0.261. The second kappa shape index (κ2) is 7.81. The van der Waals surface area contributed by atoms with Crippen molar-refractivity contribution in [3.63, 3.8) is 0 Å². The number of aromatic nitrogens is 4. The Kier molecular flexibility index (Phi) is 4.82. The normalized spacial score (nSPS) is 11.3. The van der Waals surface area contributed by atoms with Gasteiger partial charge in [-0.2, -0.15) is 0 Å². The zero-order valence-electron chi connectivity index (χ0n) is 16.7. The molecule has 0 fully saturated rings. The van der Waals surface area contributed by atoms with E-state index >= 15 is 0 Å². The van der Waals surface area contributed by atoms with Gasteiger partial charge in [-0.05, 0) is 35.4 Å². The summed E-state index contributed by atoms with van der Waals surface area (Å²) in [7, 11) is 0. The molecule has 0 saturated carbocycles. The third-order valence-corrected chi connectivity index (χ3v) is 5.27. The molecule has 2 aromatic heterocycles. The van der Waals surface area contributed by atoms with Crippen LogP contribution in [-0.4, -0.2) is 19.1 Å². The molecule has 0 saturated heterocycles. The zero-order valence-corrected chi connectivity index (χ0v) is 16.7. The Hall–Kier alpha value is -4.20. The van der Waals surface area contributed by atoms with E-state index in [-0.39, 0.29) is 24.2 Å². The number of halogens is 2. The van der Waals surface area contributed by atoms with Gasteiger partial charge in [-0.25, -0.2) is 18.7 Å². The Morgan fingerprint density at radius 3 is 1.59 bits per heavy atom. The van der Waals surface area contributed by atoms with E-state index in [2.05, 4.69) is 9.97 Å². The molecule has 8 heteroatoms. The highest BCUT2D eigenvalue weighted by Gasteiger charge is 2.08. The summed E-state index contributed by atoms with van der Waals surface area (Å²) in [5.74, 6) is -0.892. The molecule has 5 aromatic rings. The molecule has 32 heavy (non-hydrogen) atoms. The summed E-state index contributed by atoms with van der Waals surface area (Å²) in [5.41, 5.74) is 1.78. The number of fused-ring (bicyclic) bond motifs is 2. The minimum Gasteiger partial charge on any atom is -0.294 e. The van der Waals surface area contributed by atoms with Crippen LogP contribution in [0, 0.1) is 11.6 Å². The molecule has 0 spiro atoms. The van der Waals surface area contributed by atoms with Gasteiger partial charge < -0.3 is 0 Å². The predicted molar refractivity (Wildman–Crippen MR) is 117 cm³/mol. The van der Waals surface area contributed by atoms with Crippen molar-refractivity contribution >= 4 is 21.8 Å². The first-order valence-corrected chi connectivity index (χ1v) is 9.85. The summed E-state index contributed by atoms with van der Waals surface area (Å²) in [6.07, 6.45) is 2.79. The van der Waals surface area contributed by atoms with E-state index in [4.69, 9.17) is 0 Å². The third-order valence-electron chi connectivity index (χ3n) is 5.27. The van der Waals surface area contributed by atoms with Gasteiger partial charge in [0.05, 0.1) is 47.6 Å². The SMILES string of the molecule is O=c1c2ccc(F)cc2ncn1Cc1cccc(Cn2cnc3cc(F)ccc3c2=O)c1. The van der Waals surface area contributed by atoms with Crippen molar-refractivity contribution in [2.45, 2.75) is 13.1 Å². The zero-order chi connectivity index (χ0) is 22.2. The van der Waals surface area contributed by atoms with Crippen LogP contribution in [0.2, 0.25) is 0 Å². The lowest BCUT2D eigenvalue weighted by Crippen LogP contribution is -2.22. The summed E-state index contributed by atoms with van der Waals surface area (Å²) in [6.45, 7) is 0.550. The van der Waals surface area contributed by atoms with Crippen LogP contribution in [0.1, 0.15) is 11.1 Å². The Morgan fingerprint density at radius 1 is 0.656 bits per heavy atom. The van der Waals surface area contributed by atoms with Crippen molar-refractivity contribution in [1.29, 1.82) is 0 Å². The molecule has 158 valence electrons. The summed E-state index contributed by atoms with van der Waals surface area (Å²) >= 11 is 0. The van der Waals surface area contributed by atoms with Gasteiger partial charge in [-0.15, -0.1) is 0 Å². The number of rotatable bonds is 4. The molecule has 0 radical (unpaired) electrons. The molecule has 0 atom stereocenters. The molecule has 0 amide bonds. The van der Waals surface area contributed by atoms with Crippen LogP contribution in [-0.2, 0) is 13.1 Å². The van der Waals surface area contributed by atoms with E-state index in [0.717, 1.165) is 11.1 Å². The highest BCUT2D eigenvalue weighted by atomic mass is 19.1. The summed E-state index contributed by atoms with van der Waals surface area (Å²) in [5, 5.41) is 0.686. The first-order chi connectivity index (χ1) is 15.5. The van der Waals surface area contributed by atoms with Crippen molar-refractivity contribution in [2.24, 2.45) is 0 Å². The lowest BCUT2D eigenvalue weighted by atomic mass is 10.1. The van der Waals surface area contributed by atoms with Gasteiger partial charge in [-0.1, -0.05) is 24.3 Å². The fourth-order valence-electron chi connectivity index (χ4n) is 3.71. The fraction of sp³-hybridized carbons (Fsp3) is 0.0833. The maximum absolute atomic E-state index is 13.4. The van der Waals surface area contributed by atoms with Crippen molar-refractivity contribution in [2.75, 3.05) is 0 Å². The van der Waals surface area contributed by atoms with E-state index in [1.54, 1.807) is 0 Å². The molecular weight excluding hydrogens is 414 g/mol. The second-order valence-electron chi connectivity index (χ2n) is 7.50. The van der Waals surface area contributed by atoms with Crippen LogP contribution < -0.4 is 11.1 Å². The predicted octanol–water partition coefficient (Wildman–Crippen LogP) is 3.48. The molecule has 3 aromatic carbocycles. The van der Waals surface area contributed by atoms with Crippen LogP contribution >= 0.6 is 0 Å². The van der Waals surface area contributed by atoms with Crippen LogP contribution in [0.15, 0.2) is 82.9 Å². The van der Waals surface area contributed by atoms with Crippen LogP contribution in [0.25, 0.3) is 21.8 Å². The Bertz CT molecular complexity index is 1490. The first-order valence-electron chi connectivity index (χ1n) is 9.85. The van der Waals surface area contributed by atoms with Gasteiger partial charge >= 0.3 is 0 Å². The van der Waals surface area contributed by atoms with Crippen molar-refractivity contribution < 1.29 is 8.78 Å². The fourth-order valence-corrected chi connectivity index (χ4v) is 3.71. The number of nitrogens with zero attached hydrogens (tertiary/aromatic N) is 4. The molecule has 0 aliphatic heterocycles. The van der Waals surface area contributed by atoms with Crippen LogP contribution in [0.5, 0.6) is 0 Å². The smallest absolute Gasteiger partial charge is 0.261 e. The quantitative estimate of drug-likeness (QED) is 0.438. The monoisotopic (exact) mass is 430 g/mol. The van der Waals surface area contributed by atoms with Crippen LogP contribution in [0.3, 0.4) is 0 Å². The van der Waals surface area contributed by atoms with Gasteiger partial charge in [0.15, 0.2) is 0 Å². The van der Waals surface area contributed by atoms with Crippen molar-refractivity contribution in [3.05, 3.63) is 117 Å². The number of hydrogen-bond donors (Lipinski definition) is 0. The summed E-state index contributed by atoms with van der Waals surface area (Å²) in [4.78, 5) is 33.8. The summed E-state index contributed by atoms with van der Waals surface area (Å²) in [6, 6.07) is 15.3. The van der Waals surface area contributed by atoms with Gasteiger partial charge in [0.1, 0.15) is 11.6 Å². The Labute approximate surface area is 180 Å². The van der Waals surface area contributed by atoms with E-state index in [1.165, 1.54) is 58.2 Å². The molecule has 0 unspecified atom stereocenters. The van der Waals surface area contributed by atoms with Gasteiger partial charge in [0, 0.05) is 12.1 Å². The Morgan fingerprint density at radius 2 is 1.12 bits per heavy atom. The van der Waals surface area contributed by atoms with Crippen molar-refractivity contribution in [3.8, 4) is 0 Å². The molecule has 2 heterocycles. The van der Waals surface area contributed by atoms with Gasteiger partial charge in [-0.3, -0.25) is 18.7 Å².